The molecule has 0 saturated carbocycles. The number of aromatic nitrogens is 1. The summed E-state index contributed by atoms with van der Waals surface area (Å²) in [6.45, 7) is 5.48. The summed E-state index contributed by atoms with van der Waals surface area (Å²) in [5.41, 5.74) is 0. The molecular formula is C17H23ClN4O. The number of anilines is 1. The zero-order chi connectivity index (χ0) is 15.8. The Morgan fingerprint density at radius 3 is 2.39 bits per heavy atom. The molecule has 4 aliphatic rings. The van der Waals surface area contributed by atoms with Gasteiger partial charge in [-0.3, -0.25) is 9.69 Å². The largest absolute Gasteiger partial charge is 0.353 e. The van der Waals surface area contributed by atoms with Crippen LogP contribution in [0.3, 0.4) is 0 Å². The third-order valence-electron chi connectivity index (χ3n) is 5.56. The topological polar surface area (TPSA) is 39.7 Å². The van der Waals surface area contributed by atoms with Crippen molar-refractivity contribution in [2.75, 3.05) is 44.2 Å². The van der Waals surface area contributed by atoms with Gasteiger partial charge >= 0.3 is 0 Å². The van der Waals surface area contributed by atoms with E-state index in [1.807, 2.05) is 12.1 Å². The maximum absolute atomic E-state index is 12.9. The molecule has 4 fully saturated rings. The summed E-state index contributed by atoms with van der Waals surface area (Å²) < 4.78 is 0. The summed E-state index contributed by atoms with van der Waals surface area (Å²) in [6, 6.07) is 3.96. The summed E-state index contributed by atoms with van der Waals surface area (Å²) in [7, 11) is 0. The van der Waals surface area contributed by atoms with Crippen LogP contribution in [0.2, 0.25) is 5.02 Å². The SMILES string of the molecule is O=C(C1CC2CCN1CC2)N1CCN(c2ccc(Cl)cn2)CC1. The molecular weight excluding hydrogens is 312 g/mol. The van der Waals surface area contributed by atoms with E-state index in [1.165, 1.54) is 12.8 Å². The first-order chi connectivity index (χ1) is 11.2. The fourth-order valence-corrected chi connectivity index (χ4v) is 4.26. The van der Waals surface area contributed by atoms with Crippen LogP contribution in [0, 0.1) is 5.92 Å². The number of fused-ring (bicyclic) bond motifs is 3. The van der Waals surface area contributed by atoms with Gasteiger partial charge in [-0.05, 0) is 50.4 Å². The Morgan fingerprint density at radius 2 is 1.83 bits per heavy atom. The molecule has 5 heterocycles. The van der Waals surface area contributed by atoms with E-state index in [-0.39, 0.29) is 6.04 Å². The highest BCUT2D eigenvalue weighted by Gasteiger charge is 2.39. The van der Waals surface area contributed by atoms with Crippen LogP contribution in [0.1, 0.15) is 19.3 Å². The van der Waals surface area contributed by atoms with Crippen molar-refractivity contribution in [1.82, 2.24) is 14.8 Å². The summed E-state index contributed by atoms with van der Waals surface area (Å²) in [5, 5.41) is 0.656. The lowest BCUT2D eigenvalue weighted by Crippen LogP contribution is -2.59. The maximum atomic E-state index is 12.9. The van der Waals surface area contributed by atoms with Crippen molar-refractivity contribution in [3.8, 4) is 0 Å². The molecule has 1 aromatic rings. The smallest absolute Gasteiger partial charge is 0.240 e. The van der Waals surface area contributed by atoms with E-state index in [0.29, 0.717) is 10.9 Å². The summed E-state index contributed by atoms with van der Waals surface area (Å²) in [6.07, 6.45) is 5.30. The minimum absolute atomic E-state index is 0.141. The van der Waals surface area contributed by atoms with Crippen LogP contribution in [0.4, 0.5) is 5.82 Å². The lowest BCUT2D eigenvalue weighted by molar-refractivity contribution is -0.141. The molecule has 1 atom stereocenters. The third-order valence-corrected chi connectivity index (χ3v) is 5.78. The second-order valence-corrected chi connectivity index (χ2v) is 7.31. The lowest BCUT2D eigenvalue weighted by Gasteiger charge is -2.47. The number of carbonyl (C=O) groups is 1. The van der Waals surface area contributed by atoms with Crippen LogP contribution >= 0.6 is 11.6 Å². The maximum Gasteiger partial charge on any atom is 0.240 e. The Morgan fingerprint density at radius 1 is 1.09 bits per heavy atom. The monoisotopic (exact) mass is 334 g/mol. The Labute approximate surface area is 142 Å². The van der Waals surface area contributed by atoms with E-state index < -0.39 is 0 Å². The van der Waals surface area contributed by atoms with Gasteiger partial charge in [-0.1, -0.05) is 11.6 Å². The molecule has 0 radical (unpaired) electrons. The van der Waals surface area contributed by atoms with E-state index >= 15 is 0 Å². The van der Waals surface area contributed by atoms with E-state index in [4.69, 9.17) is 11.6 Å². The van der Waals surface area contributed by atoms with Gasteiger partial charge in [-0.25, -0.2) is 4.98 Å². The summed E-state index contributed by atoms with van der Waals surface area (Å²) >= 11 is 5.89. The number of nitrogens with zero attached hydrogens (tertiary/aromatic N) is 4. The lowest BCUT2D eigenvalue weighted by atomic mass is 9.83. The Balaban J connectivity index is 1.36. The molecule has 5 nitrogen and oxygen atoms in total. The number of pyridine rings is 1. The number of carbonyl (C=O) groups excluding carboxylic acids is 1. The van der Waals surface area contributed by atoms with Crippen LogP contribution in [0.5, 0.6) is 0 Å². The van der Waals surface area contributed by atoms with Crippen LogP contribution in [0.15, 0.2) is 18.3 Å². The summed E-state index contributed by atoms with van der Waals surface area (Å²) in [4.78, 5) is 23.9. The Hall–Kier alpha value is -1.33. The minimum Gasteiger partial charge on any atom is -0.353 e. The van der Waals surface area contributed by atoms with Crippen LogP contribution in [0.25, 0.3) is 0 Å². The number of rotatable bonds is 2. The number of hydrogen-bond donors (Lipinski definition) is 0. The molecule has 124 valence electrons. The third kappa shape index (κ3) is 3.04. The first-order valence-corrected chi connectivity index (χ1v) is 8.98. The molecule has 23 heavy (non-hydrogen) atoms. The fourth-order valence-electron chi connectivity index (χ4n) is 4.14. The first-order valence-electron chi connectivity index (χ1n) is 8.60. The van der Waals surface area contributed by atoms with Crippen LogP contribution < -0.4 is 4.90 Å². The van der Waals surface area contributed by atoms with Gasteiger partial charge in [-0.2, -0.15) is 0 Å². The predicted molar refractivity (Wildman–Crippen MR) is 90.7 cm³/mol. The quantitative estimate of drug-likeness (QED) is 0.828. The molecule has 1 aromatic heterocycles. The predicted octanol–water partition coefficient (Wildman–Crippen LogP) is 1.87. The molecule has 0 spiro atoms. The minimum atomic E-state index is 0.141. The average Bonchev–Trinajstić information content (AvgIpc) is 2.63. The van der Waals surface area contributed by atoms with Crippen LogP contribution in [-0.4, -0.2) is 66.0 Å². The molecule has 4 saturated heterocycles. The second-order valence-electron chi connectivity index (χ2n) is 6.88. The van der Waals surface area contributed by atoms with Gasteiger partial charge in [0.1, 0.15) is 5.82 Å². The number of piperidine rings is 3. The van der Waals surface area contributed by atoms with Crippen molar-refractivity contribution in [1.29, 1.82) is 0 Å². The van der Waals surface area contributed by atoms with E-state index in [9.17, 15) is 4.79 Å². The van der Waals surface area contributed by atoms with Crippen LogP contribution in [-0.2, 0) is 4.79 Å². The van der Waals surface area contributed by atoms with Gasteiger partial charge in [-0.15, -0.1) is 0 Å². The normalized spacial score (nSPS) is 30.6. The molecule has 2 bridgehead atoms. The van der Waals surface area contributed by atoms with Crippen molar-refractivity contribution in [2.45, 2.75) is 25.3 Å². The van der Waals surface area contributed by atoms with Gasteiger partial charge < -0.3 is 9.80 Å². The molecule has 0 aliphatic carbocycles. The van der Waals surface area contributed by atoms with E-state index in [1.54, 1.807) is 6.20 Å². The molecule has 5 rings (SSSR count). The number of halogens is 1. The van der Waals surface area contributed by atoms with Gasteiger partial charge in [0, 0.05) is 32.4 Å². The van der Waals surface area contributed by atoms with Gasteiger partial charge in [0.2, 0.25) is 5.91 Å². The zero-order valence-electron chi connectivity index (χ0n) is 13.3. The zero-order valence-corrected chi connectivity index (χ0v) is 14.1. The highest BCUT2D eigenvalue weighted by molar-refractivity contribution is 6.30. The van der Waals surface area contributed by atoms with Gasteiger partial charge in [0.15, 0.2) is 0 Å². The Kier molecular flexibility index (Phi) is 4.16. The number of piperazine rings is 1. The molecule has 4 aliphatic heterocycles. The highest BCUT2D eigenvalue weighted by atomic mass is 35.5. The van der Waals surface area contributed by atoms with Crippen molar-refractivity contribution in [3.05, 3.63) is 23.4 Å². The van der Waals surface area contributed by atoms with Gasteiger partial charge in [0.25, 0.3) is 0 Å². The molecule has 0 N–H and O–H groups in total. The number of amides is 1. The average molecular weight is 335 g/mol. The van der Waals surface area contributed by atoms with Crippen molar-refractivity contribution in [2.24, 2.45) is 5.92 Å². The Bertz CT molecular complexity index is 562. The van der Waals surface area contributed by atoms with Crippen molar-refractivity contribution >= 4 is 23.3 Å². The number of hydrogen-bond acceptors (Lipinski definition) is 4. The van der Waals surface area contributed by atoms with E-state index in [2.05, 4.69) is 19.7 Å². The van der Waals surface area contributed by atoms with Crippen molar-refractivity contribution in [3.63, 3.8) is 0 Å². The highest BCUT2D eigenvalue weighted by Crippen LogP contribution is 2.32. The fraction of sp³-hybridized carbons (Fsp3) is 0.647. The van der Waals surface area contributed by atoms with Crippen molar-refractivity contribution < 1.29 is 4.79 Å². The molecule has 6 heteroatoms. The molecule has 1 unspecified atom stereocenters. The standard InChI is InChI=1S/C17H23ClN4O/c18-14-1-2-16(19-12-14)21-7-9-22(10-8-21)17(23)15-11-13-3-5-20(15)6-4-13/h1-2,12-13,15H,3-11H2. The molecule has 0 aromatic carbocycles. The summed E-state index contributed by atoms with van der Waals surface area (Å²) in [5.74, 6) is 2.06. The molecule has 1 amide bonds. The van der Waals surface area contributed by atoms with E-state index in [0.717, 1.165) is 57.4 Å². The van der Waals surface area contributed by atoms with Gasteiger partial charge in [0.05, 0.1) is 11.1 Å². The first kappa shape index (κ1) is 15.2. The second kappa shape index (κ2) is 6.29.